The van der Waals surface area contributed by atoms with Gasteiger partial charge in [0, 0.05) is 12.1 Å². The van der Waals surface area contributed by atoms with Gasteiger partial charge in [-0.05, 0) is 24.6 Å². The Morgan fingerprint density at radius 2 is 2.21 bits per heavy atom. The van der Waals surface area contributed by atoms with Crippen molar-refractivity contribution < 1.29 is 9.47 Å². The van der Waals surface area contributed by atoms with Gasteiger partial charge < -0.3 is 9.47 Å². The first kappa shape index (κ1) is 9.90. The third-order valence-electron chi connectivity index (χ3n) is 2.34. The van der Waals surface area contributed by atoms with E-state index in [1.165, 1.54) is 0 Å². The van der Waals surface area contributed by atoms with E-state index >= 15 is 0 Å². The Balaban J connectivity index is 2.07. The Morgan fingerprint density at radius 1 is 1.50 bits per heavy atom. The predicted molar refractivity (Wildman–Crippen MR) is 53.1 cm³/mol. The largest absolute Gasteiger partial charge is 0.323 e. The standard InChI is InChI=1S/C10H12ClNO2/c1-6(10-13-7(2)14-10)8-3-4-12-9(11)5-8/h3-7,10H,1-2H3. The van der Waals surface area contributed by atoms with E-state index in [1.807, 2.05) is 26.0 Å². The van der Waals surface area contributed by atoms with E-state index in [2.05, 4.69) is 4.98 Å². The zero-order chi connectivity index (χ0) is 10.1. The second-order valence-electron chi connectivity index (χ2n) is 3.41. The van der Waals surface area contributed by atoms with Crippen molar-refractivity contribution in [3.63, 3.8) is 0 Å². The lowest BCUT2D eigenvalue weighted by molar-refractivity contribution is -0.381. The van der Waals surface area contributed by atoms with E-state index in [0.29, 0.717) is 5.15 Å². The molecule has 1 aliphatic heterocycles. The van der Waals surface area contributed by atoms with Gasteiger partial charge in [0.15, 0.2) is 12.6 Å². The lowest BCUT2D eigenvalue weighted by atomic mass is 10.0. The van der Waals surface area contributed by atoms with Gasteiger partial charge >= 0.3 is 0 Å². The van der Waals surface area contributed by atoms with Crippen molar-refractivity contribution in [3.05, 3.63) is 29.0 Å². The van der Waals surface area contributed by atoms with Crippen molar-refractivity contribution in [2.24, 2.45) is 0 Å². The second-order valence-corrected chi connectivity index (χ2v) is 3.80. The molecule has 1 aromatic heterocycles. The molecule has 0 N–H and O–H groups in total. The van der Waals surface area contributed by atoms with Crippen LogP contribution in [0.1, 0.15) is 25.3 Å². The summed E-state index contributed by atoms with van der Waals surface area (Å²) < 4.78 is 10.8. The number of rotatable bonds is 2. The molecule has 0 aromatic carbocycles. The van der Waals surface area contributed by atoms with Crippen LogP contribution in [0.3, 0.4) is 0 Å². The number of halogens is 1. The molecule has 3 nitrogen and oxygen atoms in total. The Morgan fingerprint density at radius 3 is 2.79 bits per heavy atom. The summed E-state index contributed by atoms with van der Waals surface area (Å²) in [5.74, 6) is 0.187. The molecule has 1 unspecified atom stereocenters. The van der Waals surface area contributed by atoms with Crippen LogP contribution in [-0.2, 0) is 9.47 Å². The first-order valence-electron chi connectivity index (χ1n) is 4.59. The van der Waals surface area contributed by atoms with Crippen LogP contribution in [0, 0.1) is 0 Å². The monoisotopic (exact) mass is 213 g/mol. The molecule has 0 bridgehead atoms. The van der Waals surface area contributed by atoms with Gasteiger partial charge in [0.05, 0.1) is 0 Å². The molecule has 0 saturated carbocycles. The van der Waals surface area contributed by atoms with Crippen molar-refractivity contribution in [2.75, 3.05) is 0 Å². The first-order chi connectivity index (χ1) is 6.66. The smallest absolute Gasteiger partial charge is 0.170 e. The maximum atomic E-state index is 5.79. The number of nitrogens with zero attached hydrogens (tertiary/aromatic N) is 1. The summed E-state index contributed by atoms with van der Waals surface area (Å²) in [7, 11) is 0. The van der Waals surface area contributed by atoms with E-state index < -0.39 is 0 Å². The third kappa shape index (κ3) is 1.90. The molecule has 2 heterocycles. The van der Waals surface area contributed by atoms with E-state index in [1.54, 1.807) is 6.20 Å². The van der Waals surface area contributed by atoms with Gasteiger partial charge in [-0.2, -0.15) is 0 Å². The van der Waals surface area contributed by atoms with Crippen molar-refractivity contribution in [1.29, 1.82) is 0 Å². The fourth-order valence-corrected chi connectivity index (χ4v) is 1.66. The average Bonchev–Trinajstić information content (AvgIpc) is 2.12. The Kier molecular flexibility index (Phi) is 2.72. The number of hydrogen-bond donors (Lipinski definition) is 0. The van der Waals surface area contributed by atoms with E-state index in [9.17, 15) is 0 Å². The van der Waals surface area contributed by atoms with Crippen LogP contribution in [0.5, 0.6) is 0 Å². The van der Waals surface area contributed by atoms with Gasteiger partial charge in [-0.25, -0.2) is 4.98 Å². The minimum Gasteiger partial charge on any atom is -0.323 e. The third-order valence-corrected chi connectivity index (χ3v) is 2.54. The molecule has 1 saturated heterocycles. The zero-order valence-corrected chi connectivity index (χ0v) is 8.86. The quantitative estimate of drug-likeness (QED) is 0.708. The minimum atomic E-state index is -0.150. The second kappa shape index (κ2) is 3.85. The van der Waals surface area contributed by atoms with Crippen LogP contribution in [0.4, 0.5) is 0 Å². The summed E-state index contributed by atoms with van der Waals surface area (Å²) in [6, 6.07) is 3.76. The number of ether oxygens (including phenoxy) is 2. The molecular formula is C10H12ClNO2. The Hall–Kier alpha value is -0.640. The molecule has 1 aromatic rings. The van der Waals surface area contributed by atoms with E-state index in [-0.39, 0.29) is 18.5 Å². The van der Waals surface area contributed by atoms with Gasteiger partial charge in [0.25, 0.3) is 0 Å². The SMILES string of the molecule is CC1OC(C(C)c2ccnc(Cl)c2)O1. The Bertz CT molecular complexity index is 326. The fourth-order valence-electron chi connectivity index (χ4n) is 1.48. The summed E-state index contributed by atoms with van der Waals surface area (Å²) in [6.07, 6.45) is 1.46. The highest BCUT2D eigenvalue weighted by molar-refractivity contribution is 6.29. The molecule has 1 fully saturated rings. The summed E-state index contributed by atoms with van der Waals surface area (Å²) in [4.78, 5) is 3.92. The minimum absolute atomic E-state index is 0.0836. The van der Waals surface area contributed by atoms with Gasteiger partial charge in [-0.3, -0.25) is 0 Å². The van der Waals surface area contributed by atoms with Crippen molar-refractivity contribution in [2.45, 2.75) is 32.3 Å². The van der Waals surface area contributed by atoms with Crippen LogP contribution in [-0.4, -0.2) is 17.6 Å². The van der Waals surface area contributed by atoms with Crippen molar-refractivity contribution in [1.82, 2.24) is 4.98 Å². The Labute approximate surface area is 88.0 Å². The molecule has 0 aliphatic carbocycles. The lowest BCUT2D eigenvalue weighted by Gasteiger charge is -2.37. The number of hydrogen-bond acceptors (Lipinski definition) is 3. The molecule has 4 heteroatoms. The summed E-state index contributed by atoms with van der Waals surface area (Å²) >= 11 is 5.79. The summed E-state index contributed by atoms with van der Waals surface area (Å²) in [6.45, 7) is 3.92. The van der Waals surface area contributed by atoms with Crippen molar-refractivity contribution in [3.8, 4) is 0 Å². The van der Waals surface area contributed by atoms with Crippen LogP contribution in [0.15, 0.2) is 18.3 Å². The highest BCUT2D eigenvalue weighted by Crippen LogP contribution is 2.30. The maximum absolute atomic E-state index is 5.79. The van der Waals surface area contributed by atoms with Gasteiger partial charge in [-0.15, -0.1) is 0 Å². The van der Waals surface area contributed by atoms with Gasteiger partial charge in [0.2, 0.25) is 0 Å². The van der Waals surface area contributed by atoms with Crippen LogP contribution < -0.4 is 0 Å². The average molecular weight is 214 g/mol. The van der Waals surface area contributed by atoms with Gasteiger partial charge in [-0.1, -0.05) is 18.5 Å². The van der Waals surface area contributed by atoms with Crippen LogP contribution in [0.25, 0.3) is 0 Å². The van der Waals surface area contributed by atoms with Crippen LogP contribution in [0.2, 0.25) is 5.15 Å². The molecule has 2 rings (SSSR count). The molecule has 14 heavy (non-hydrogen) atoms. The normalized spacial score (nSPS) is 28.2. The summed E-state index contributed by atoms with van der Waals surface area (Å²) in [5.41, 5.74) is 1.09. The molecule has 0 spiro atoms. The molecular weight excluding hydrogens is 202 g/mol. The molecule has 0 amide bonds. The predicted octanol–water partition coefficient (Wildman–Crippen LogP) is 2.56. The maximum Gasteiger partial charge on any atom is 0.170 e. The number of pyridine rings is 1. The van der Waals surface area contributed by atoms with E-state index in [4.69, 9.17) is 21.1 Å². The zero-order valence-electron chi connectivity index (χ0n) is 8.11. The molecule has 1 atom stereocenters. The first-order valence-corrected chi connectivity index (χ1v) is 4.97. The van der Waals surface area contributed by atoms with E-state index in [0.717, 1.165) is 5.56 Å². The highest BCUT2D eigenvalue weighted by atomic mass is 35.5. The topological polar surface area (TPSA) is 31.4 Å². The lowest BCUT2D eigenvalue weighted by Crippen LogP contribution is -2.42. The van der Waals surface area contributed by atoms with Gasteiger partial charge in [0.1, 0.15) is 5.15 Å². The molecule has 0 radical (unpaired) electrons. The summed E-state index contributed by atoms with van der Waals surface area (Å²) in [5, 5.41) is 0.502. The van der Waals surface area contributed by atoms with Crippen molar-refractivity contribution >= 4 is 11.6 Å². The molecule has 1 aliphatic rings. The van der Waals surface area contributed by atoms with Crippen LogP contribution >= 0.6 is 11.6 Å². The molecule has 76 valence electrons. The highest BCUT2D eigenvalue weighted by Gasteiger charge is 2.32. The fraction of sp³-hybridized carbons (Fsp3) is 0.500. The number of aromatic nitrogens is 1.